The van der Waals surface area contributed by atoms with Crippen molar-refractivity contribution in [3.63, 3.8) is 0 Å². The first-order valence-electron chi connectivity index (χ1n) is 4.48. The van der Waals surface area contributed by atoms with E-state index in [0.29, 0.717) is 0 Å². The Morgan fingerprint density at radius 3 is 2.86 bits per heavy atom. The summed E-state index contributed by atoms with van der Waals surface area (Å²) in [6, 6.07) is 5.99. The van der Waals surface area contributed by atoms with Crippen LogP contribution in [0, 0.1) is 0 Å². The minimum absolute atomic E-state index is 0.818. The van der Waals surface area contributed by atoms with Crippen molar-refractivity contribution >= 4 is 0 Å². The molecule has 2 rings (SSSR count). The summed E-state index contributed by atoms with van der Waals surface area (Å²) >= 11 is 0. The molecule has 0 fully saturated rings. The molecule has 2 aromatic rings. The first-order chi connectivity index (χ1) is 6.90. The maximum atomic E-state index is 5.22. The Labute approximate surface area is 83.0 Å². The van der Waals surface area contributed by atoms with Gasteiger partial charge in [0.05, 0.1) is 19.9 Å². The van der Waals surface area contributed by atoms with E-state index in [1.165, 1.54) is 0 Å². The van der Waals surface area contributed by atoms with Crippen molar-refractivity contribution in [3.8, 4) is 5.75 Å². The third kappa shape index (κ3) is 1.76. The van der Waals surface area contributed by atoms with E-state index in [1.807, 2.05) is 30.6 Å². The van der Waals surface area contributed by atoms with Gasteiger partial charge < -0.3 is 9.30 Å². The molecule has 3 nitrogen and oxygen atoms in total. The average molecular weight is 188 g/mol. The van der Waals surface area contributed by atoms with E-state index >= 15 is 0 Å². The van der Waals surface area contributed by atoms with E-state index in [4.69, 9.17) is 4.74 Å². The molecule has 3 heteroatoms. The van der Waals surface area contributed by atoms with E-state index in [-0.39, 0.29) is 0 Å². The normalized spacial score (nSPS) is 10.1. The van der Waals surface area contributed by atoms with Crippen LogP contribution in [0.25, 0.3) is 0 Å². The molecule has 0 saturated heterocycles. The number of hydrogen-bond donors (Lipinski definition) is 0. The summed E-state index contributed by atoms with van der Waals surface area (Å²) in [5, 5.41) is 0. The van der Waals surface area contributed by atoms with Gasteiger partial charge in [0, 0.05) is 24.2 Å². The minimum Gasteiger partial charge on any atom is -0.495 e. The maximum Gasteiger partial charge on any atom is 0.142 e. The number of hydrogen-bond acceptors (Lipinski definition) is 2. The minimum atomic E-state index is 0.818. The third-order valence-electron chi connectivity index (χ3n) is 2.11. The summed E-state index contributed by atoms with van der Waals surface area (Å²) in [7, 11) is 1.66. The molecule has 0 aliphatic heterocycles. The van der Waals surface area contributed by atoms with E-state index in [1.54, 1.807) is 19.5 Å². The number of aromatic nitrogens is 2. The van der Waals surface area contributed by atoms with Crippen LogP contribution < -0.4 is 4.74 Å². The first kappa shape index (κ1) is 8.81. The Kier molecular flexibility index (Phi) is 2.49. The maximum absolute atomic E-state index is 5.22. The average Bonchev–Trinajstić information content (AvgIpc) is 2.71. The highest BCUT2D eigenvalue weighted by Gasteiger charge is 2.01. The largest absolute Gasteiger partial charge is 0.495 e. The second-order valence-corrected chi connectivity index (χ2v) is 3.04. The molecule has 0 spiro atoms. The van der Waals surface area contributed by atoms with Crippen LogP contribution in [0.15, 0.2) is 43.0 Å². The number of methoxy groups -OCH3 is 1. The zero-order chi connectivity index (χ0) is 9.80. The van der Waals surface area contributed by atoms with Crippen molar-refractivity contribution in [2.45, 2.75) is 6.54 Å². The van der Waals surface area contributed by atoms with Crippen molar-refractivity contribution < 1.29 is 4.74 Å². The molecule has 0 saturated carbocycles. The predicted octanol–water partition coefficient (Wildman–Crippen LogP) is 1.94. The smallest absolute Gasteiger partial charge is 0.142 e. The second-order valence-electron chi connectivity index (χ2n) is 3.04. The molecule has 0 radical (unpaired) electrons. The van der Waals surface area contributed by atoms with Crippen LogP contribution in [0.5, 0.6) is 5.75 Å². The molecule has 0 aromatic carbocycles. The Hall–Kier alpha value is -1.77. The van der Waals surface area contributed by atoms with Gasteiger partial charge in [-0.1, -0.05) is 0 Å². The monoisotopic (exact) mass is 188 g/mol. The molecule has 0 unspecified atom stereocenters. The standard InChI is InChI=1S/C11H12N2O/c1-14-11-8-12-5-4-10(11)9-13-6-2-3-7-13/h2-8H,9H2,1H3. The van der Waals surface area contributed by atoms with Gasteiger partial charge in [-0.25, -0.2) is 0 Å². The van der Waals surface area contributed by atoms with E-state index < -0.39 is 0 Å². The van der Waals surface area contributed by atoms with Crippen LogP contribution in [0.1, 0.15) is 5.56 Å². The highest BCUT2D eigenvalue weighted by atomic mass is 16.5. The molecule has 0 bridgehead atoms. The summed E-state index contributed by atoms with van der Waals surface area (Å²) in [4.78, 5) is 4.01. The topological polar surface area (TPSA) is 27.1 Å². The highest BCUT2D eigenvalue weighted by molar-refractivity contribution is 5.29. The Morgan fingerprint density at radius 2 is 2.14 bits per heavy atom. The molecular formula is C11H12N2O. The summed E-state index contributed by atoms with van der Waals surface area (Å²) in [6.07, 6.45) is 7.57. The van der Waals surface area contributed by atoms with Crippen molar-refractivity contribution in [1.82, 2.24) is 9.55 Å². The van der Waals surface area contributed by atoms with Gasteiger partial charge in [-0.15, -0.1) is 0 Å². The van der Waals surface area contributed by atoms with Crippen LogP contribution in [-0.4, -0.2) is 16.7 Å². The van der Waals surface area contributed by atoms with Crippen LogP contribution in [0.4, 0.5) is 0 Å². The number of ether oxygens (including phenoxy) is 1. The Bertz CT molecular complexity index is 395. The number of rotatable bonds is 3. The SMILES string of the molecule is COc1cnccc1Cn1cccc1. The molecule has 2 aromatic heterocycles. The van der Waals surface area contributed by atoms with Crippen molar-refractivity contribution in [2.24, 2.45) is 0 Å². The zero-order valence-electron chi connectivity index (χ0n) is 8.05. The van der Waals surface area contributed by atoms with Gasteiger partial charge in [-0.2, -0.15) is 0 Å². The predicted molar refractivity (Wildman–Crippen MR) is 54.3 cm³/mol. The molecule has 0 amide bonds. The summed E-state index contributed by atoms with van der Waals surface area (Å²) in [5.41, 5.74) is 1.14. The van der Waals surface area contributed by atoms with Crippen LogP contribution in [-0.2, 0) is 6.54 Å². The van der Waals surface area contributed by atoms with Gasteiger partial charge in [0.25, 0.3) is 0 Å². The molecule has 0 aliphatic carbocycles. The lowest BCUT2D eigenvalue weighted by Gasteiger charge is -2.07. The van der Waals surface area contributed by atoms with Gasteiger partial charge >= 0.3 is 0 Å². The third-order valence-corrected chi connectivity index (χ3v) is 2.11. The Balaban J connectivity index is 2.24. The first-order valence-corrected chi connectivity index (χ1v) is 4.48. The summed E-state index contributed by atoms with van der Waals surface area (Å²) < 4.78 is 7.31. The van der Waals surface area contributed by atoms with Gasteiger partial charge in [0.1, 0.15) is 5.75 Å². The summed E-state index contributed by atoms with van der Waals surface area (Å²) in [5.74, 6) is 0.834. The van der Waals surface area contributed by atoms with Gasteiger partial charge in [-0.3, -0.25) is 4.98 Å². The quantitative estimate of drug-likeness (QED) is 0.736. The molecule has 72 valence electrons. The van der Waals surface area contributed by atoms with Gasteiger partial charge in [0.15, 0.2) is 0 Å². The second kappa shape index (κ2) is 3.96. The molecule has 0 atom stereocenters. The van der Waals surface area contributed by atoms with E-state index in [2.05, 4.69) is 9.55 Å². The lowest BCUT2D eigenvalue weighted by atomic mass is 10.2. The molecule has 2 heterocycles. The van der Waals surface area contributed by atoms with Crippen molar-refractivity contribution in [2.75, 3.05) is 7.11 Å². The summed E-state index contributed by atoms with van der Waals surface area (Å²) in [6.45, 7) is 0.818. The lowest BCUT2D eigenvalue weighted by Crippen LogP contribution is -1.99. The number of nitrogens with zero attached hydrogens (tertiary/aromatic N) is 2. The molecule has 0 aliphatic rings. The fraction of sp³-hybridized carbons (Fsp3) is 0.182. The lowest BCUT2D eigenvalue weighted by molar-refractivity contribution is 0.406. The van der Waals surface area contributed by atoms with Crippen LogP contribution in [0.3, 0.4) is 0 Å². The van der Waals surface area contributed by atoms with Gasteiger partial charge in [-0.05, 0) is 18.2 Å². The van der Waals surface area contributed by atoms with Gasteiger partial charge in [0.2, 0.25) is 0 Å². The fourth-order valence-corrected chi connectivity index (χ4v) is 1.40. The highest BCUT2D eigenvalue weighted by Crippen LogP contribution is 2.16. The molecule has 0 N–H and O–H groups in total. The van der Waals surface area contributed by atoms with E-state index in [0.717, 1.165) is 17.9 Å². The van der Waals surface area contributed by atoms with E-state index in [9.17, 15) is 0 Å². The molecule has 14 heavy (non-hydrogen) atoms. The molecular weight excluding hydrogens is 176 g/mol. The van der Waals surface area contributed by atoms with Crippen molar-refractivity contribution in [3.05, 3.63) is 48.5 Å². The van der Waals surface area contributed by atoms with Crippen LogP contribution in [0.2, 0.25) is 0 Å². The zero-order valence-corrected chi connectivity index (χ0v) is 8.05. The fourth-order valence-electron chi connectivity index (χ4n) is 1.40. The number of pyridine rings is 1. The van der Waals surface area contributed by atoms with Crippen molar-refractivity contribution in [1.29, 1.82) is 0 Å². The van der Waals surface area contributed by atoms with Crippen LogP contribution >= 0.6 is 0 Å². The Morgan fingerprint density at radius 1 is 1.36 bits per heavy atom.